The van der Waals surface area contributed by atoms with Crippen LogP contribution in [-0.2, 0) is 10.8 Å². The highest BCUT2D eigenvalue weighted by molar-refractivity contribution is 7.21. The molecule has 0 bridgehead atoms. The van der Waals surface area contributed by atoms with Crippen LogP contribution in [0.5, 0.6) is 0 Å². The molecule has 0 radical (unpaired) electrons. The van der Waals surface area contributed by atoms with Gasteiger partial charge >= 0.3 is 5.63 Å². The van der Waals surface area contributed by atoms with Crippen LogP contribution < -0.4 is 10.5 Å². The summed E-state index contributed by atoms with van der Waals surface area (Å²) >= 11 is 1.54. The summed E-state index contributed by atoms with van der Waals surface area (Å²) in [6.07, 6.45) is 2.19. The molecule has 0 aliphatic carbocycles. The van der Waals surface area contributed by atoms with Gasteiger partial charge in [0, 0.05) is 29.7 Å². The molecule has 0 spiro atoms. The van der Waals surface area contributed by atoms with Crippen LogP contribution in [0, 0.1) is 0 Å². The molecule has 158 valence electrons. The third-order valence-electron chi connectivity index (χ3n) is 7.26. The molecule has 0 amide bonds. The first-order valence-corrected chi connectivity index (χ1v) is 11.8. The van der Waals surface area contributed by atoms with Gasteiger partial charge in [-0.2, -0.15) is 0 Å². The van der Waals surface area contributed by atoms with Crippen molar-refractivity contribution in [1.82, 2.24) is 4.98 Å². The Balaban J connectivity index is 1.68. The minimum Gasteiger partial charge on any atom is -0.422 e. The minimum absolute atomic E-state index is 0.0408. The molecule has 2 aromatic heterocycles. The Kier molecular flexibility index (Phi) is 3.81. The molecular weight excluding hydrogens is 404 g/mol. The predicted molar refractivity (Wildman–Crippen MR) is 129 cm³/mol. The maximum Gasteiger partial charge on any atom is 0.346 e. The van der Waals surface area contributed by atoms with E-state index in [-0.39, 0.29) is 16.5 Å². The van der Waals surface area contributed by atoms with Crippen molar-refractivity contribution in [1.29, 1.82) is 0 Å². The van der Waals surface area contributed by atoms with E-state index in [2.05, 4.69) is 38.7 Å². The molecule has 0 fully saturated rings. The lowest BCUT2D eigenvalue weighted by Gasteiger charge is -2.48. The third-order valence-corrected chi connectivity index (χ3v) is 8.33. The largest absolute Gasteiger partial charge is 0.422 e. The molecular formula is C26H26N2O2S. The van der Waals surface area contributed by atoms with E-state index >= 15 is 0 Å². The van der Waals surface area contributed by atoms with Crippen LogP contribution in [0.1, 0.15) is 51.7 Å². The highest BCUT2D eigenvalue weighted by Gasteiger charge is 2.42. The normalized spacial score (nSPS) is 19.0. The standard InChI is InChI=1S/C26H26N2O2S/c1-25(2)9-11-28-12-10-26(3,4)20-21(28)17(25)14-15-13-16(24(29)30-22(15)20)23-27-18-7-5-6-8-19(18)31-23/h5-8,13-14H,9-12H2,1-4H3. The fourth-order valence-electron chi connectivity index (χ4n) is 5.29. The number of nitrogens with zero attached hydrogens (tertiary/aromatic N) is 2. The number of hydrogen-bond acceptors (Lipinski definition) is 5. The fourth-order valence-corrected chi connectivity index (χ4v) is 6.26. The van der Waals surface area contributed by atoms with Crippen LogP contribution in [0.4, 0.5) is 5.69 Å². The van der Waals surface area contributed by atoms with Gasteiger partial charge in [0.25, 0.3) is 0 Å². The number of hydrogen-bond donors (Lipinski definition) is 0. The first kappa shape index (κ1) is 19.1. The Morgan fingerprint density at radius 2 is 1.77 bits per heavy atom. The van der Waals surface area contributed by atoms with Crippen molar-refractivity contribution in [3.8, 4) is 10.6 Å². The van der Waals surface area contributed by atoms with Gasteiger partial charge in [0.05, 0.1) is 15.8 Å². The second-order valence-corrected chi connectivity index (χ2v) is 11.3. The van der Waals surface area contributed by atoms with Crippen molar-refractivity contribution >= 4 is 38.2 Å². The quantitative estimate of drug-likeness (QED) is 0.335. The van der Waals surface area contributed by atoms with E-state index in [4.69, 9.17) is 9.40 Å². The average molecular weight is 431 g/mol. The van der Waals surface area contributed by atoms with E-state index in [1.807, 2.05) is 30.3 Å². The molecule has 0 unspecified atom stereocenters. The van der Waals surface area contributed by atoms with E-state index in [0.717, 1.165) is 52.1 Å². The molecule has 2 aliphatic heterocycles. The Morgan fingerprint density at radius 1 is 1.03 bits per heavy atom. The van der Waals surface area contributed by atoms with Gasteiger partial charge in [0.2, 0.25) is 0 Å². The van der Waals surface area contributed by atoms with Crippen molar-refractivity contribution in [3.05, 3.63) is 57.9 Å². The maximum atomic E-state index is 13.2. The van der Waals surface area contributed by atoms with Crippen LogP contribution in [0.25, 0.3) is 31.8 Å². The average Bonchev–Trinajstić information content (AvgIpc) is 3.15. The number of thiazole rings is 1. The number of fused-ring (bicyclic) bond motifs is 3. The molecule has 6 rings (SSSR count). The summed E-state index contributed by atoms with van der Waals surface area (Å²) in [6, 6.07) is 12.3. The van der Waals surface area contributed by atoms with E-state index in [0.29, 0.717) is 5.56 Å². The Hall–Kier alpha value is -2.66. The van der Waals surface area contributed by atoms with E-state index in [9.17, 15) is 4.79 Å². The molecule has 5 heteroatoms. The van der Waals surface area contributed by atoms with Gasteiger partial charge in [-0.25, -0.2) is 9.78 Å². The van der Waals surface area contributed by atoms with Crippen LogP contribution in [0.3, 0.4) is 0 Å². The summed E-state index contributed by atoms with van der Waals surface area (Å²) in [4.78, 5) is 20.4. The summed E-state index contributed by atoms with van der Waals surface area (Å²) in [5.74, 6) is 0. The maximum absolute atomic E-state index is 13.2. The van der Waals surface area contributed by atoms with Crippen molar-refractivity contribution in [2.75, 3.05) is 18.0 Å². The van der Waals surface area contributed by atoms with Crippen molar-refractivity contribution in [3.63, 3.8) is 0 Å². The van der Waals surface area contributed by atoms with Crippen molar-refractivity contribution < 1.29 is 4.42 Å². The van der Waals surface area contributed by atoms with Gasteiger partial charge in [-0.1, -0.05) is 39.8 Å². The highest BCUT2D eigenvalue weighted by Crippen LogP contribution is 2.51. The highest BCUT2D eigenvalue weighted by atomic mass is 32.1. The van der Waals surface area contributed by atoms with Crippen LogP contribution in [-0.4, -0.2) is 18.1 Å². The van der Waals surface area contributed by atoms with E-state index < -0.39 is 0 Å². The molecule has 0 saturated heterocycles. The SMILES string of the molecule is CC1(C)CCN2CCC(C)(C)c3c2c1cc1cc(-c2nc4ccccc4s2)c(=O)oc31. The van der Waals surface area contributed by atoms with Crippen LogP contribution in [0.15, 0.2) is 45.6 Å². The molecule has 31 heavy (non-hydrogen) atoms. The molecule has 2 aromatic carbocycles. The summed E-state index contributed by atoms with van der Waals surface area (Å²) in [7, 11) is 0. The summed E-state index contributed by atoms with van der Waals surface area (Å²) < 4.78 is 7.18. The zero-order valence-corrected chi connectivity index (χ0v) is 19.2. The van der Waals surface area contributed by atoms with E-state index in [1.165, 1.54) is 16.8 Å². The number of benzene rings is 2. The van der Waals surface area contributed by atoms with Crippen molar-refractivity contribution in [2.24, 2.45) is 0 Å². The van der Waals surface area contributed by atoms with Gasteiger partial charge in [-0.15, -0.1) is 11.3 Å². The summed E-state index contributed by atoms with van der Waals surface area (Å²) in [5, 5.41) is 1.73. The van der Waals surface area contributed by atoms with Gasteiger partial charge in [0.1, 0.15) is 10.6 Å². The smallest absolute Gasteiger partial charge is 0.346 e. The predicted octanol–water partition coefficient (Wildman–Crippen LogP) is 6.24. The van der Waals surface area contributed by atoms with Crippen LogP contribution in [0.2, 0.25) is 0 Å². The second kappa shape index (κ2) is 6.19. The zero-order valence-electron chi connectivity index (χ0n) is 18.4. The minimum atomic E-state index is -0.300. The monoisotopic (exact) mass is 430 g/mol. The molecule has 0 N–H and O–H groups in total. The molecule has 2 aliphatic rings. The van der Waals surface area contributed by atoms with Gasteiger partial charge in [-0.05, 0) is 53.5 Å². The number of aromatic nitrogens is 1. The fraction of sp³-hybridized carbons (Fsp3) is 0.385. The van der Waals surface area contributed by atoms with Gasteiger partial charge in [-0.3, -0.25) is 0 Å². The lowest BCUT2D eigenvalue weighted by molar-refractivity contribution is 0.398. The van der Waals surface area contributed by atoms with Gasteiger partial charge < -0.3 is 9.32 Å². The van der Waals surface area contributed by atoms with Crippen LogP contribution >= 0.6 is 11.3 Å². The number of rotatable bonds is 1. The second-order valence-electron chi connectivity index (χ2n) is 10.3. The van der Waals surface area contributed by atoms with Gasteiger partial charge in [0.15, 0.2) is 0 Å². The zero-order chi connectivity index (χ0) is 21.5. The molecule has 4 nitrogen and oxygen atoms in total. The molecule has 4 heterocycles. The first-order chi connectivity index (χ1) is 14.7. The van der Waals surface area contributed by atoms with Crippen molar-refractivity contribution in [2.45, 2.75) is 51.4 Å². The third kappa shape index (κ3) is 2.72. The Morgan fingerprint density at radius 3 is 2.55 bits per heavy atom. The lowest BCUT2D eigenvalue weighted by Crippen LogP contribution is -2.44. The Labute approximate surface area is 185 Å². The molecule has 4 aromatic rings. The first-order valence-electron chi connectivity index (χ1n) is 11.0. The number of para-hydroxylation sites is 1. The van der Waals surface area contributed by atoms with E-state index in [1.54, 1.807) is 11.3 Å². The Bertz CT molecular complexity index is 1390. The summed E-state index contributed by atoms with van der Waals surface area (Å²) in [6.45, 7) is 11.3. The molecule has 0 atom stereocenters. The molecule has 0 saturated carbocycles. The topological polar surface area (TPSA) is 46.3 Å². The lowest BCUT2D eigenvalue weighted by atomic mass is 9.69. The summed E-state index contributed by atoms with van der Waals surface area (Å²) in [5.41, 5.74) is 5.85. The number of anilines is 1.